The average Bonchev–Trinajstić information content (AvgIpc) is 2.15. The first-order valence-corrected chi connectivity index (χ1v) is 5.35. The lowest BCUT2D eigenvalue weighted by Gasteiger charge is -2.24. The van der Waals surface area contributed by atoms with Crippen molar-refractivity contribution in [1.29, 1.82) is 0 Å². The fourth-order valence-electron chi connectivity index (χ4n) is 1.68. The van der Waals surface area contributed by atoms with E-state index < -0.39 is 0 Å². The summed E-state index contributed by atoms with van der Waals surface area (Å²) in [7, 11) is 1.49. The first-order valence-electron chi connectivity index (χ1n) is 5.35. The third-order valence-corrected chi connectivity index (χ3v) is 2.90. The van der Waals surface area contributed by atoms with Gasteiger partial charge in [-0.2, -0.15) is 0 Å². The van der Waals surface area contributed by atoms with E-state index in [-0.39, 0.29) is 17.6 Å². The van der Waals surface area contributed by atoms with Crippen molar-refractivity contribution in [2.75, 3.05) is 12.4 Å². The maximum Gasteiger partial charge on any atom is 0.227 e. The van der Waals surface area contributed by atoms with Gasteiger partial charge >= 0.3 is 0 Å². The van der Waals surface area contributed by atoms with Crippen molar-refractivity contribution < 1.29 is 13.9 Å². The van der Waals surface area contributed by atoms with Gasteiger partial charge in [0.05, 0.1) is 12.8 Å². The van der Waals surface area contributed by atoms with Crippen molar-refractivity contribution in [3.8, 4) is 5.75 Å². The second kappa shape index (κ2) is 4.51. The van der Waals surface area contributed by atoms with Crippen LogP contribution in [-0.4, -0.2) is 13.0 Å². The molecule has 3 nitrogen and oxygen atoms in total. The van der Waals surface area contributed by atoms with Crippen molar-refractivity contribution >= 4 is 11.6 Å². The van der Waals surface area contributed by atoms with E-state index in [1.165, 1.54) is 25.3 Å². The summed E-state index contributed by atoms with van der Waals surface area (Å²) in [5.74, 6) is 0.127. The Morgan fingerprint density at radius 2 is 2.25 bits per heavy atom. The predicted octanol–water partition coefficient (Wildman–Crippen LogP) is 2.57. The summed E-state index contributed by atoms with van der Waals surface area (Å²) < 4.78 is 18.1. The van der Waals surface area contributed by atoms with Gasteiger partial charge in [-0.25, -0.2) is 4.39 Å². The van der Waals surface area contributed by atoms with Crippen LogP contribution in [0.15, 0.2) is 18.2 Å². The number of nitrogens with one attached hydrogen (secondary N) is 1. The molecule has 1 N–H and O–H groups in total. The molecule has 2 rings (SSSR count). The lowest BCUT2D eigenvalue weighted by atomic mass is 9.85. The Morgan fingerprint density at radius 1 is 1.50 bits per heavy atom. The van der Waals surface area contributed by atoms with Crippen molar-refractivity contribution in [2.24, 2.45) is 5.92 Å². The predicted molar refractivity (Wildman–Crippen MR) is 58.9 cm³/mol. The van der Waals surface area contributed by atoms with Gasteiger partial charge in [-0.05, 0) is 25.0 Å². The SMILES string of the molecule is COc1ccc(F)cc1NC(=O)C1CCC1. The third kappa shape index (κ3) is 2.15. The van der Waals surface area contributed by atoms with Crippen molar-refractivity contribution in [2.45, 2.75) is 19.3 Å². The molecule has 1 aliphatic rings. The smallest absolute Gasteiger partial charge is 0.227 e. The van der Waals surface area contributed by atoms with E-state index in [1.54, 1.807) is 0 Å². The van der Waals surface area contributed by atoms with Crippen LogP contribution in [0.1, 0.15) is 19.3 Å². The minimum Gasteiger partial charge on any atom is -0.495 e. The lowest BCUT2D eigenvalue weighted by molar-refractivity contribution is -0.122. The molecule has 1 fully saturated rings. The summed E-state index contributed by atoms with van der Waals surface area (Å²) in [6, 6.07) is 4.08. The highest BCUT2D eigenvalue weighted by molar-refractivity contribution is 5.94. The molecule has 4 heteroatoms. The number of rotatable bonds is 3. The molecule has 86 valence electrons. The van der Waals surface area contributed by atoms with Crippen LogP contribution in [0.25, 0.3) is 0 Å². The second-order valence-corrected chi connectivity index (χ2v) is 3.96. The highest BCUT2D eigenvalue weighted by Gasteiger charge is 2.25. The molecule has 0 saturated heterocycles. The standard InChI is InChI=1S/C12H14FNO2/c1-16-11-6-5-9(13)7-10(11)14-12(15)8-3-2-4-8/h5-8H,2-4H2,1H3,(H,14,15). The van der Waals surface area contributed by atoms with E-state index in [4.69, 9.17) is 4.74 Å². The van der Waals surface area contributed by atoms with Crippen molar-refractivity contribution in [1.82, 2.24) is 0 Å². The van der Waals surface area contributed by atoms with Gasteiger partial charge in [0.1, 0.15) is 11.6 Å². The van der Waals surface area contributed by atoms with Gasteiger partial charge in [-0.1, -0.05) is 6.42 Å². The first-order chi connectivity index (χ1) is 7.70. The molecule has 1 aromatic carbocycles. The second-order valence-electron chi connectivity index (χ2n) is 3.96. The normalized spacial score (nSPS) is 15.4. The molecule has 0 heterocycles. The number of anilines is 1. The Kier molecular flexibility index (Phi) is 3.08. The minimum absolute atomic E-state index is 0.0462. The summed E-state index contributed by atoms with van der Waals surface area (Å²) in [6.07, 6.45) is 2.94. The van der Waals surface area contributed by atoms with Crippen LogP contribution >= 0.6 is 0 Å². The van der Waals surface area contributed by atoms with Crippen LogP contribution in [0.5, 0.6) is 5.75 Å². The Bertz CT molecular complexity index is 402. The van der Waals surface area contributed by atoms with E-state index in [9.17, 15) is 9.18 Å². The minimum atomic E-state index is -0.385. The highest BCUT2D eigenvalue weighted by Crippen LogP contribution is 2.30. The fourth-order valence-corrected chi connectivity index (χ4v) is 1.68. The van der Waals surface area contributed by atoms with Gasteiger partial charge in [0, 0.05) is 12.0 Å². The first kappa shape index (κ1) is 10.9. The van der Waals surface area contributed by atoms with Crippen LogP contribution in [0.3, 0.4) is 0 Å². The molecule has 0 aromatic heterocycles. The summed E-state index contributed by atoms with van der Waals surface area (Å²) in [5.41, 5.74) is 0.402. The zero-order chi connectivity index (χ0) is 11.5. The number of hydrogen-bond donors (Lipinski definition) is 1. The molecule has 1 saturated carbocycles. The number of amides is 1. The van der Waals surface area contributed by atoms with Crippen LogP contribution in [0, 0.1) is 11.7 Å². The summed E-state index contributed by atoms with van der Waals surface area (Å²) >= 11 is 0. The topological polar surface area (TPSA) is 38.3 Å². The van der Waals surface area contributed by atoms with Gasteiger partial charge in [0.15, 0.2) is 0 Å². The Labute approximate surface area is 93.6 Å². The van der Waals surface area contributed by atoms with Crippen molar-refractivity contribution in [3.63, 3.8) is 0 Å². The molecule has 0 unspecified atom stereocenters. The van der Waals surface area contributed by atoms with Gasteiger partial charge in [-0.15, -0.1) is 0 Å². The number of hydrogen-bond acceptors (Lipinski definition) is 2. The summed E-state index contributed by atoms with van der Waals surface area (Å²) in [6.45, 7) is 0. The Hall–Kier alpha value is -1.58. The molecule has 0 aliphatic heterocycles. The highest BCUT2D eigenvalue weighted by atomic mass is 19.1. The van der Waals surface area contributed by atoms with Gasteiger partial charge in [-0.3, -0.25) is 4.79 Å². The fraction of sp³-hybridized carbons (Fsp3) is 0.417. The average molecular weight is 223 g/mol. The van der Waals surface area contributed by atoms with Crippen LogP contribution in [0.2, 0.25) is 0 Å². The third-order valence-electron chi connectivity index (χ3n) is 2.90. The van der Waals surface area contributed by atoms with E-state index in [2.05, 4.69) is 5.32 Å². The molecule has 0 atom stereocenters. The molecule has 0 spiro atoms. The maximum absolute atomic E-state index is 13.0. The molecule has 0 radical (unpaired) electrons. The molecule has 0 bridgehead atoms. The number of halogens is 1. The van der Waals surface area contributed by atoms with E-state index >= 15 is 0 Å². The number of ether oxygens (including phenoxy) is 1. The molecule has 1 amide bonds. The zero-order valence-corrected chi connectivity index (χ0v) is 9.13. The quantitative estimate of drug-likeness (QED) is 0.855. The summed E-state index contributed by atoms with van der Waals surface area (Å²) in [4.78, 5) is 11.7. The van der Waals surface area contributed by atoms with Gasteiger partial charge in [0.2, 0.25) is 5.91 Å². The van der Waals surface area contributed by atoms with Crippen LogP contribution in [0.4, 0.5) is 10.1 Å². The van der Waals surface area contributed by atoms with Gasteiger partial charge in [0.25, 0.3) is 0 Å². The van der Waals surface area contributed by atoms with Crippen LogP contribution < -0.4 is 10.1 Å². The molecule has 16 heavy (non-hydrogen) atoms. The Balaban J connectivity index is 2.12. The number of carbonyl (C=O) groups is 1. The molecular formula is C12H14FNO2. The summed E-state index contributed by atoms with van der Waals surface area (Å²) in [5, 5.41) is 2.70. The van der Waals surface area contributed by atoms with Crippen LogP contribution in [-0.2, 0) is 4.79 Å². The number of methoxy groups -OCH3 is 1. The zero-order valence-electron chi connectivity index (χ0n) is 9.13. The number of carbonyl (C=O) groups excluding carboxylic acids is 1. The number of benzene rings is 1. The monoisotopic (exact) mass is 223 g/mol. The Morgan fingerprint density at radius 3 is 2.81 bits per heavy atom. The molecule has 1 aliphatic carbocycles. The largest absolute Gasteiger partial charge is 0.495 e. The maximum atomic E-state index is 13.0. The van der Waals surface area contributed by atoms with E-state index in [1.807, 2.05) is 0 Å². The van der Waals surface area contributed by atoms with E-state index in [0.29, 0.717) is 11.4 Å². The van der Waals surface area contributed by atoms with E-state index in [0.717, 1.165) is 19.3 Å². The van der Waals surface area contributed by atoms with Gasteiger partial charge < -0.3 is 10.1 Å². The van der Waals surface area contributed by atoms with Crippen molar-refractivity contribution in [3.05, 3.63) is 24.0 Å². The molecular weight excluding hydrogens is 209 g/mol. The lowest BCUT2D eigenvalue weighted by Crippen LogP contribution is -2.28. The molecule has 1 aromatic rings.